The molecular formula is C12H20IN3. The lowest BCUT2D eigenvalue weighted by Gasteiger charge is -2.17. The molecule has 4 heteroatoms. The largest absolute Gasteiger partial charge is 0.370 e. The third-order valence-electron chi connectivity index (χ3n) is 2.25. The number of hydrogen-bond donors (Lipinski definition) is 1. The van der Waals surface area contributed by atoms with Crippen LogP contribution < -0.4 is 5.73 Å². The standard InChI is InChI=1S/C12H19N3.HI/c1-4-14-12(13)15(3)9-11-7-5-10(2)6-8-11;/h5-8H,4,9H2,1-3H3,(H2,13,14);1H. The van der Waals surface area contributed by atoms with Crippen molar-refractivity contribution >= 4 is 29.9 Å². The van der Waals surface area contributed by atoms with E-state index in [2.05, 4.69) is 36.2 Å². The van der Waals surface area contributed by atoms with Crippen molar-refractivity contribution in [3.8, 4) is 0 Å². The highest BCUT2D eigenvalue weighted by atomic mass is 127. The quantitative estimate of drug-likeness (QED) is 0.524. The van der Waals surface area contributed by atoms with Gasteiger partial charge in [0.05, 0.1) is 0 Å². The van der Waals surface area contributed by atoms with Crippen molar-refractivity contribution in [3.05, 3.63) is 35.4 Å². The Morgan fingerprint density at radius 2 is 1.88 bits per heavy atom. The molecular weight excluding hydrogens is 313 g/mol. The van der Waals surface area contributed by atoms with Crippen LogP contribution in [0, 0.1) is 6.92 Å². The minimum atomic E-state index is 0. The maximum atomic E-state index is 5.78. The Morgan fingerprint density at radius 3 is 2.38 bits per heavy atom. The Kier molecular flexibility index (Phi) is 7.12. The number of guanidine groups is 1. The van der Waals surface area contributed by atoms with Gasteiger partial charge in [0.1, 0.15) is 0 Å². The van der Waals surface area contributed by atoms with Gasteiger partial charge in [-0.1, -0.05) is 29.8 Å². The van der Waals surface area contributed by atoms with Gasteiger partial charge in [-0.3, -0.25) is 4.99 Å². The summed E-state index contributed by atoms with van der Waals surface area (Å²) in [6.07, 6.45) is 0. The van der Waals surface area contributed by atoms with Crippen molar-refractivity contribution < 1.29 is 0 Å². The molecule has 0 aliphatic heterocycles. The SMILES string of the molecule is CCN=C(N)N(C)Cc1ccc(C)cc1.I. The van der Waals surface area contributed by atoms with Crippen molar-refractivity contribution in [2.24, 2.45) is 10.7 Å². The maximum Gasteiger partial charge on any atom is 0.191 e. The van der Waals surface area contributed by atoms with Crippen LogP contribution in [0.5, 0.6) is 0 Å². The zero-order valence-corrected chi connectivity index (χ0v) is 12.4. The second-order valence-electron chi connectivity index (χ2n) is 3.67. The van der Waals surface area contributed by atoms with Crippen molar-refractivity contribution in [2.75, 3.05) is 13.6 Å². The smallest absolute Gasteiger partial charge is 0.191 e. The van der Waals surface area contributed by atoms with E-state index >= 15 is 0 Å². The summed E-state index contributed by atoms with van der Waals surface area (Å²) in [5.74, 6) is 0.595. The van der Waals surface area contributed by atoms with E-state index in [0.717, 1.165) is 13.1 Å². The number of nitrogens with two attached hydrogens (primary N) is 1. The molecule has 1 aromatic carbocycles. The van der Waals surface area contributed by atoms with Crippen LogP contribution in [0.25, 0.3) is 0 Å². The van der Waals surface area contributed by atoms with Crippen LogP contribution in [0.3, 0.4) is 0 Å². The van der Waals surface area contributed by atoms with Crippen LogP contribution in [0.15, 0.2) is 29.3 Å². The molecule has 1 rings (SSSR count). The predicted octanol–water partition coefficient (Wildman–Crippen LogP) is 2.38. The molecule has 3 nitrogen and oxygen atoms in total. The predicted molar refractivity (Wildman–Crippen MR) is 80.2 cm³/mol. The average molecular weight is 333 g/mol. The molecule has 0 aromatic heterocycles. The first-order valence-corrected chi connectivity index (χ1v) is 5.20. The van der Waals surface area contributed by atoms with Crippen molar-refractivity contribution in [3.63, 3.8) is 0 Å². The molecule has 0 spiro atoms. The number of hydrogen-bond acceptors (Lipinski definition) is 1. The molecule has 0 aliphatic carbocycles. The molecule has 0 saturated carbocycles. The summed E-state index contributed by atoms with van der Waals surface area (Å²) in [4.78, 5) is 6.11. The van der Waals surface area contributed by atoms with Gasteiger partial charge in [-0.15, -0.1) is 24.0 Å². The van der Waals surface area contributed by atoms with Crippen LogP contribution in [-0.4, -0.2) is 24.5 Å². The van der Waals surface area contributed by atoms with E-state index < -0.39 is 0 Å². The first-order chi connectivity index (χ1) is 7.13. The third-order valence-corrected chi connectivity index (χ3v) is 2.25. The number of benzene rings is 1. The van der Waals surface area contributed by atoms with E-state index in [0.29, 0.717) is 5.96 Å². The Morgan fingerprint density at radius 1 is 1.31 bits per heavy atom. The Balaban J connectivity index is 0.00000225. The molecule has 0 bridgehead atoms. The zero-order chi connectivity index (χ0) is 11.3. The van der Waals surface area contributed by atoms with Gasteiger partial charge in [0.2, 0.25) is 0 Å². The van der Waals surface area contributed by atoms with Crippen LogP contribution in [0.4, 0.5) is 0 Å². The molecule has 0 radical (unpaired) electrons. The molecule has 0 amide bonds. The molecule has 16 heavy (non-hydrogen) atoms. The Hall–Kier alpha value is -0.780. The highest BCUT2D eigenvalue weighted by Crippen LogP contribution is 2.05. The molecule has 90 valence electrons. The number of nitrogens with zero attached hydrogens (tertiary/aromatic N) is 2. The first-order valence-electron chi connectivity index (χ1n) is 5.20. The highest BCUT2D eigenvalue weighted by molar-refractivity contribution is 14.0. The number of rotatable bonds is 3. The van der Waals surface area contributed by atoms with E-state index in [1.807, 2.05) is 18.9 Å². The monoisotopic (exact) mass is 333 g/mol. The van der Waals surface area contributed by atoms with Gasteiger partial charge in [0.15, 0.2) is 5.96 Å². The van der Waals surface area contributed by atoms with Gasteiger partial charge in [-0.25, -0.2) is 0 Å². The summed E-state index contributed by atoms with van der Waals surface area (Å²) in [6.45, 7) is 5.59. The van der Waals surface area contributed by atoms with Crippen LogP contribution >= 0.6 is 24.0 Å². The second-order valence-corrected chi connectivity index (χ2v) is 3.67. The Labute approximate surface area is 115 Å². The summed E-state index contributed by atoms with van der Waals surface area (Å²) >= 11 is 0. The topological polar surface area (TPSA) is 41.6 Å². The second kappa shape index (κ2) is 7.49. The molecule has 0 heterocycles. The molecule has 0 fully saturated rings. The fourth-order valence-corrected chi connectivity index (χ4v) is 1.33. The van der Waals surface area contributed by atoms with Gasteiger partial charge >= 0.3 is 0 Å². The molecule has 0 saturated heterocycles. The van der Waals surface area contributed by atoms with Crippen molar-refractivity contribution in [1.29, 1.82) is 0 Å². The molecule has 0 atom stereocenters. The number of aliphatic imine (C=N–C) groups is 1. The number of halogens is 1. The summed E-state index contributed by atoms with van der Waals surface area (Å²) in [6, 6.07) is 8.45. The van der Waals surface area contributed by atoms with E-state index in [4.69, 9.17) is 5.73 Å². The normalized spacial score (nSPS) is 10.8. The van der Waals surface area contributed by atoms with E-state index in [1.165, 1.54) is 11.1 Å². The van der Waals surface area contributed by atoms with Crippen LogP contribution in [0.1, 0.15) is 18.1 Å². The van der Waals surface area contributed by atoms with E-state index in [1.54, 1.807) is 0 Å². The molecule has 2 N–H and O–H groups in total. The van der Waals surface area contributed by atoms with Gasteiger partial charge < -0.3 is 10.6 Å². The van der Waals surface area contributed by atoms with E-state index in [-0.39, 0.29) is 24.0 Å². The summed E-state index contributed by atoms with van der Waals surface area (Å²) in [5.41, 5.74) is 8.30. The lowest BCUT2D eigenvalue weighted by atomic mass is 10.1. The van der Waals surface area contributed by atoms with Crippen LogP contribution in [0.2, 0.25) is 0 Å². The summed E-state index contributed by atoms with van der Waals surface area (Å²) in [7, 11) is 1.95. The lowest BCUT2D eigenvalue weighted by molar-refractivity contribution is 0.492. The van der Waals surface area contributed by atoms with Gasteiger partial charge in [0.25, 0.3) is 0 Å². The first kappa shape index (κ1) is 15.2. The highest BCUT2D eigenvalue weighted by Gasteiger charge is 2.01. The van der Waals surface area contributed by atoms with Gasteiger partial charge in [-0.05, 0) is 19.4 Å². The molecule has 0 unspecified atom stereocenters. The third kappa shape index (κ3) is 4.83. The minimum absolute atomic E-state index is 0. The molecule has 1 aromatic rings. The average Bonchev–Trinajstić information content (AvgIpc) is 2.22. The van der Waals surface area contributed by atoms with Crippen LogP contribution in [-0.2, 0) is 6.54 Å². The van der Waals surface area contributed by atoms with Gasteiger partial charge in [-0.2, -0.15) is 0 Å². The van der Waals surface area contributed by atoms with Gasteiger partial charge in [0, 0.05) is 20.1 Å². The fraction of sp³-hybridized carbons (Fsp3) is 0.417. The lowest BCUT2D eigenvalue weighted by Crippen LogP contribution is -2.33. The number of aryl methyl sites for hydroxylation is 1. The maximum absolute atomic E-state index is 5.78. The van der Waals surface area contributed by atoms with Crippen molar-refractivity contribution in [1.82, 2.24) is 4.90 Å². The summed E-state index contributed by atoms with van der Waals surface area (Å²) in [5, 5.41) is 0. The summed E-state index contributed by atoms with van der Waals surface area (Å²) < 4.78 is 0. The zero-order valence-electron chi connectivity index (χ0n) is 10.1. The Bertz CT molecular complexity index is 333. The van der Waals surface area contributed by atoms with E-state index in [9.17, 15) is 0 Å². The molecule has 0 aliphatic rings. The van der Waals surface area contributed by atoms with Crippen molar-refractivity contribution in [2.45, 2.75) is 20.4 Å². The fourth-order valence-electron chi connectivity index (χ4n) is 1.33. The minimum Gasteiger partial charge on any atom is -0.370 e.